The summed E-state index contributed by atoms with van der Waals surface area (Å²) < 4.78 is 0. The molecule has 0 spiro atoms. The van der Waals surface area contributed by atoms with E-state index in [9.17, 15) is 0 Å². The van der Waals surface area contributed by atoms with Crippen molar-refractivity contribution in [3.8, 4) is 0 Å². The van der Waals surface area contributed by atoms with E-state index in [-0.39, 0.29) is 5.54 Å². The van der Waals surface area contributed by atoms with Crippen molar-refractivity contribution in [2.45, 2.75) is 52.1 Å². The van der Waals surface area contributed by atoms with Crippen LogP contribution in [-0.4, -0.2) is 25.2 Å². The third-order valence-corrected chi connectivity index (χ3v) is 4.26. The monoisotopic (exact) mass is 246 g/mol. The molecule has 1 fully saturated rings. The quantitative estimate of drug-likeness (QED) is 0.881. The Morgan fingerprint density at radius 3 is 2.67 bits per heavy atom. The van der Waals surface area contributed by atoms with E-state index in [0.29, 0.717) is 6.04 Å². The first-order valence-corrected chi connectivity index (χ1v) is 7.03. The Labute approximate surface area is 111 Å². The van der Waals surface area contributed by atoms with Crippen molar-refractivity contribution in [2.24, 2.45) is 0 Å². The van der Waals surface area contributed by atoms with E-state index in [2.05, 4.69) is 63.2 Å². The molecular formula is C16H26N2. The van der Waals surface area contributed by atoms with Crippen molar-refractivity contribution in [1.29, 1.82) is 0 Å². The number of rotatable bonds is 3. The molecular weight excluding hydrogens is 220 g/mol. The average Bonchev–Trinajstić information content (AvgIpc) is 2.64. The van der Waals surface area contributed by atoms with E-state index in [1.54, 1.807) is 0 Å². The molecule has 0 amide bonds. The van der Waals surface area contributed by atoms with Gasteiger partial charge in [0.25, 0.3) is 0 Å². The predicted octanol–water partition coefficient (Wildman–Crippen LogP) is 3.13. The topological polar surface area (TPSA) is 15.3 Å². The Morgan fingerprint density at radius 2 is 2.11 bits per heavy atom. The molecule has 1 aliphatic heterocycles. The molecule has 0 bridgehead atoms. The Balaban J connectivity index is 2.42. The van der Waals surface area contributed by atoms with Gasteiger partial charge in [0.1, 0.15) is 0 Å². The molecule has 2 rings (SSSR count). The van der Waals surface area contributed by atoms with Gasteiger partial charge < -0.3 is 10.2 Å². The Hall–Kier alpha value is -1.02. The van der Waals surface area contributed by atoms with Crippen LogP contribution >= 0.6 is 0 Å². The maximum atomic E-state index is 3.43. The van der Waals surface area contributed by atoms with Gasteiger partial charge in [-0.2, -0.15) is 0 Å². The van der Waals surface area contributed by atoms with E-state index in [0.717, 1.165) is 13.0 Å². The van der Waals surface area contributed by atoms with Gasteiger partial charge in [-0.15, -0.1) is 0 Å². The average molecular weight is 246 g/mol. The highest BCUT2D eigenvalue weighted by molar-refractivity contribution is 5.62. The largest absolute Gasteiger partial charge is 0.364 e. The molecule has 100 valence electrons. The van der Waals surface area contributed by atoms with E-state index < -0.39 is 0 Å². The fraction of sp³-hybridized carbons (Fsp3) is 0.625. The van der Waals surface area contributed by atoms with Crippen LogP contribution < -0.4 is 10.2 Å². The minimum Gasteiger partial charge on any atom is -0.364 e. The molecule has 18 heavy (non-hydrogen) atoms. The number of nitrogens with zero attached hydrogens (tertiary/aromatic N) is 1. The van der Waals surface area contributed by atoms with Gasteiger partial charge in [0.2, 0.25) is 0 Å². The van der Waals surface area contributed by atoms with Crippen LogP contribution in [0.2, 0.25) is 0 Å². The lowest BCUT2D eigenvalue weighted by atomic mass is 9.97. The van der Waals surface area contributed by atoms with Gasteiger partial charge in [0.05, 0.1) is 0 Å². The number of nitrogens with one attached hydrogen (secondary N) is 1. The molecule has 1 saturated heterocycles. The number of hydrogen-bond donors (Lipinski definition) is 1. The Kier molecular flexibility index (Phi) is 3.67. The van der Waals surface area contributed by atoms with Crippen LogP contribution in [-0.2, 0) is 6.42 Å². The summed E-state index contributed by atoms with van der Waals surface area (Å²) in [6.07, 6.45) is 2.31. The summed E-state index contributed by atoms with van der Waals surface area (Å²) >= 11 is 0. The lowest BCUT2D eigenvalue weighted by Crippen LogP contribution is -2.39. The first kappa shape index (κ1) is 13.4. The molecule has 1 heterocycles. The highest BCUT2D eigenvalue weighted by Gasteiger charge is 2.38. The maximum Gasteiger partial charge on any atom is 0.0433 e. The molecule has 1 aromatic rings. The minimum absolute atomic E-state index is 0.240. The van der Waals surface area contributed by atoms with Gasteiger partial charge >= 0.3 is 0 Å². The number of benzene rings is 1. The standard InChI is InChI=1S/C16H26N2/c1-6-13-9-7-8-12(2)15(13)18-11-14(17-5)10-16(18,3)4/h7-9,14,17H,6,10-11H2,1-5H3. The van der Waals surface area contributed by atoms with Crippen molar-refractivity contribution in [2.75, 3.05) is 18.5 Å². The van der Waals surface area contributed by atoms with E-state index in [1.165, 1.54) is 23.2 Å². The lowest BCUT2D eigenvalue weighted by Gasteiger charge is -2.36. The van der Waals surface area contributed by atoms with Crippen LogP contribution in [0.25, 0.3) is 0 Å². The zero-order chi connectivity index (χ0) is 13.3. The van der Waals surface area contributed by atoms with Gasteiger partial charge in [-0.1, -0.05) is 25.1 Å². The Bertz CT molecular complexity index is 423. The molecule has 1 aliphatic rings. The van der Waals surface area contributed by atoms with Gasteiger partial charge in [0, 0.05) is 23.8 Å². The second-order valence-electron chi connectivity index (χ2n) is 6.05. The maximum absolute atomic E-state index is 3.43. The molecule has 1 unspecified atom stereocenters. The van der Waals surface area contributed by atoms with Crippen molar-refractivity contribution < 1.29 is 0 Å². The van der Waals surface area contributed by atoms with Crippen molar-refractivity contribution in [3.05, 3.63) is 29.3 Å². The van der Waals surface area contributed by atoms with Crippen molar-refractivity contribution in [3.63, 3.8) is 0 Å². The summed E-state index contributed by atoms with van der Waals surface area (Å²) in [6.45, 7) is 10.3. The van der Waals surface area contributed by atoms with Crippen LogP contribution in [0.3, 0.4) is 0 Å². The summed E-state index contributed by atoms with van der Waals surface area (Å²) in [5.41, 5.74) is 4.57. The zero-order valence-electron chi connectivity index (χ0n) is 12.4. The van der Waals surface area contributed by atoms with Crippen LogP contribution in [0, 0.1) is 6.92 Å². The van der Waals surface area contributed by atoms with Gasteiger partial charge in [-0.3, -0.25) is 0 Å². The third-order valence-electron chi connectivity index (χ3n) is 4.26. The molecule has 2 heteroatoms. The molecule has 1 aromatic carbocycles. The summed E-state index contributed by atoms with van der Waals surface area (Å²) in [7, 11) is 2.07. The smallest absolute Gasteiger partial charge is 0.0433 e. The number of hydrogen-bond acceptors (Lipinski definition) is 2. The first-order valence-electron chi connectivity index (χ1n) is 7.03. The van der Waals surface area contributed by atoms with Crippen LogP contribution in [0.1, 0.15) is 38.3 Å². The molecule has 1 N–H and O–H groups in total. The highest BCUT2D eigenvalue weighted by atomic mass is 15.3. The fourth-order valence-corrected chi connectivity index (χ4v) is 3.22. The number of para-hydroxylation sites is 1. The predicted molar refractivity (Wildman–Crippen MR) is 79.4 cm³/mol. The third kappa shape index (κ3) is 2.26. The lowest BCUT2D eigenvalue weighted by molar-refractivity contribution is 0.486. The summed E-state index contributed by atoms with van der Waals surface area (Å²) in [5.74, 6) is 0. The number of anilines is 1. The normalized spacial score (nSPS) is 22.5. The van der Waals surface area contributed by atoms with Gasteiger partial charge in [-0.05, 0) is 51.8 Å². The number of aryl methyl sites for hydroxylation is 2. The highest BCUT2D eigenvalue weighted by Crippen LogP contribution is 2.37. The van der Waals surface area contributed by atoms with E-state index >= 15 is 0 Å². The molecule has 2 nitrogen and oxygen atoms in total. The van der Waals surface area contributed by atoms with Crippen LogP contribution in [0.4, 0.5) is 5.69 Å². The van der Waals surface area contributed by atoms with Crippen molar-refractivity contribution >= 4 is 5.69 Å². The molecule has 1 atom stereocenters. The molecule has 0 radical (unpaired) electrons. The van der Waals surface area contributed by atoms with Crippen molar-refractivity contribution in [1.82, 2.24) is 5.32 Å². The van der Waals surface area contributed by atoms with Crippen LogP contribution in [0.5, 0.6) is 0 Å². The second-order valence-corrected chi connectivity index (χ2v) is 6.05. The first-order chi connectivity index (χ1) is 8.49. The fourth-order valence-electron chi connectivity index (χ4n) is 3.22. The molecule has 0 saturated carbocycles. The number of likely N-dealkylation sites (N-methyl/N-ethyl adjacent to an activating group) is 1. The van der Waals surface area contributed by atoms with Crippen LogP contribution in [0.15, 0.2) is 18.2 Å². The SMILES string of the molecule is CCc1cccc(C)c1N1CC(NC)CC1(C)C. The van der Waals surface area contributed by atoms with E-state index in [4.69, 9.17) is 0 Å². The van der Waals surface area contributed by atoms with Gasteiger partial charge in [-0.25, -0.2) is 0 Å². The molecule has 0 aliphatic carbocycles. The Morgan fingerprint density at radius 1 is 1.39 bits per heavy atom. The summed E-state index contributed by atoms with van der Waals surface area (Å²) in [6, 6.07) is 7.28. The minimum atomic E-state index is 0.240. The second kappa shape index (κ2) is 4.93. The zero-order valence-corrected chi connectivity index (χ0v) is 12.4. The molecule has 0 aromatic heterocycles. The summed E-state index contributed by atoms with van der Waals surface area (Å²) in [5, 5.41) is 3.43. The summed E-state index contributed by atoms with van der Waals surface area (Å²) in [4.78, 5) is 2.60. The van der Waals surface area contributed by atoms with E-state index in [1.807, 2.05) is 0 Å². The van der Waals surface area contributed by atoms with Gasteiger partial charge in [0.15, 0.2) is 0 Å².